The number of aromatic nitrogens is 2. The van der Waals surface area contributed by atoms with E-state index < -0.39 is 0 Å². The first-order chi connectivity index (χ1) is 16.9. The molecule has 0 saturated carbocycles. The first kappa shape index (κ1) is 22.4. The molecule has 2 aromatic carbocycles. The number of hydrogen-bond acceptors (Lipinski definition) is 6. The monoisotopic (exact) mass is 468 g/mol. The van der Waals surface area contributed by atoms with E-state index >= 15 is 0 Å². The van der Waals surface area contributed by atoms with E-state index in [1.807, 2.05) is 56.6 Å². The van der Waals surface area contributed by atoms with Gasteiger partial charge in [0.15, 0.2) is 5.58 Å². The average molecular weight is 469 g/mol. The lowest BCUT2D eigenvalue weighted by Crippen LogP contribution is -2.27. The molecular weight excluding hydrogens is 444 g/mol. The smallest absolute Gasteiger partial charge is 0.255 e. The molecule has 3 heterocycles. The summed E-state index contributed by atoms with van der Waals surface area (Å²) in [7, 11) is 5.25. The van der Waals surface area contributed by atoms with Crippen molar-refractivity contribution in [2.75, 3.05) is 33.1 Å². The summed E-state index contributed by atoms with van der Waals surface area (Å²) in [6.45, 7) is 0.285. The Bertz CT molecular complexity index is 1580. The highest BCUT2D eigenvalue weighted by Crippen LogP contribution is 2.33. The normalized spacial score (nSPS) is 11.3. The van der Waals surface area contributed by atoms with Crippen molar-refractivity contribution in [2.45, 2.75) is 0 Å². The molecule has 176 valence electrons. The van der Waals surface area contributed by atoms with Gasteiger partial charge in [-0.1, -0.05) is 6.07 Å². The minimum atomic E-state index is -0.180. The molecule has 0 radical (unpaired) electrons. The predicted octanol–water partition coefficient (Wildman–Crippen LogP) is 4.31. The van der Waals surface area contributed by atoms with Crippen molar-refractivity contribution < 1.29 is 13.9 Å². The van der Waals surface area contributed by atoms with Crippen LogP contribution in [0.2, 0.25) is 0 Å². The summed E-state index contributed by atoms with van der Waals surface area (Å²) >= 11 is 0. The number of anilines is 1. The van der Waals surface area contributed by atoms with Gasteiger partial charge in [0.25, 0.3) is 5.56 Å². The van der Waals surface area contributed by atoms with Gasteiger partial charge < -0.3 is 19.4 Å². The maximum Gasteiger partial charge on any atom is 0.255 e. The molecule has 1 N–H and O–H groups in total. The third-order valence-corrected chi connectivity index (χ3v) is 5.66. The number of carbonyl (C=O) groups is 1. The molecule has 1 amide bonds. The van der Waals surface area contributed by atoms with Crippen LogP contribution < -0.4 is 15.6 Å². The van der Waals surface area contributed by atoms with Gasteiger partial charge in [-0.3, -0.25) is 14.2 Å². The van der Waals surface area contributed by atoms with Crippen molar-refractivity contribution in [3.63, 3.8) is 0 Å². The summed E-state index contributed by atoms with van der Waals surface area (Å²) in [6, 6.07) is 20.0. The molecular formula is C27H24N4O4. The van der Waals surface area contributed by atoms with E-state index in [2.05, 4.69) is 10.3 Å². The molecule has 35 heavy (non-hydrogen) atoms. The number of ether oxygens (including phenoxy) is 1. The Labute approximate surface area is 201 Å². The van der Waals surface area contributed by atoms with Gasteiger partial charge >= 0.3 is 0 Å². The van der Waals surface area contributed by atoms with Crippen molar-refractivity contribution in [1.29, 1.82) is 0 Å². The summed E-state index contributed by atoms with van der Waals surface area (Å²) in [6.07, 6.45) is 1.75. The number of pyridine rings is 2. The van der Waals surface area contributed by atoms with E-state index in [0.29, 0.717) is 33.9 Å². The molecule has 0 spiro atoms. The summed E-state index contributed by atoms with van der Waals surface area (Å²) in [5.74, 6) is 0.433. The third-order valence-electron chi connectivity index (χ3n) is 5.66. The van der Waals surface area contributed by atoms with Crippen LogP contribution in [0.3, 0.4) is 0 Å². The zero-order valence-electron chi connectivity index (χ0n) is 19.6. The van der Waals surface area contributed by atoms with Crippen LogP contribution in [0, 0.1) is 0 Å². The van der Waals surface area contributed by atoms with E-state index in [0.717, 1.165) is 16.5 Å². The highest BCUT2D eigenvalue weighted by Gasteiger charge is 2.15. The number of rotatable bonds is 6. The molecule has 5 aromatic rings. The number of methoxy groups -OCH3 is 1. The summed E-state index contributed by atoms with van der Waals surface area (Å²) in [5.41, 5.74) is 4.98. The highest BCUT2D eigenvalue weighted by molar-refractivity contribution is 6.05. The molecule has 0 bridgehead atoms. The second-order valence-corrected chi connectivity index (χ2v) is 8.45. The number of likely N-dealkylation sites (N-methyl/N-ethyl adjacent to an activating group) is 1. The number of nitrogens with zero attached hydrogens (tertiary/aromatic N) is 3. The van der Waals surface area contributed by atoms with Gasteiger partial charge in [-0.25, -0.2) is 4.98 Å². The Balaban J connectivity index is 1.59. The van der Waals surface area contributed by atoms with Crippen LogP contribution in [0.1, 0.15) is 0 Å². The Hall–Kier alpha value is -4.43. The Morgan fingerprint density at radius 2 is 1.74 bits per heavy atom. The first-order valence-electron chi connectivity index (χ1n) is 11.1. The Morgan fingerprint density at radius 3 is 2.43 bits per heavy atom. The van der Waals surface area contributed by atoms with E-state index in [1.54, 1.807) is 41.0 Å². The molecule has 0 fully saturated rings. The lowest BCUT2D eigenvalue weighted by Gasteiger charge is -2.12. The number of benzene rings is 2. The lowest BCUT2D eigenvalue weighted by atomic mass is 10.1. The number of carbonyl (C=O) groups excluding carboxylic acids is 1. The molecule has 0 saturated heterocycles. The van der Waals surface area contributed by atoms with Crippen LogP contribution in [-0.2, 0) is 4.79 Å². The van der Waals surface area contributed by atoms with E-state index in [-0.39, 0.29) is 18.0 Å². The fourth-order valence-electron chi connectivity index (χ4n) is 4.07. The minimum Gasteiger partial charge on any atom is -0.481 e. The first-order valence-corrected chi connectivity index (χ1v) is 11.1. The maximum atomic E-state index is 13.0. The second-order valence-electron chi connectivity index (χ2n) is 8.45. The number of furan rings is 1. The summed E-state index contributed by atoms with van der Waals surface area (Å²) < 4.78 is 12.8. The number of hydrogen-bond donors (Lipinski definition) is 1. The predicted molar refractivity (Wildman–Crippen MR) is 136 cm³/mol. The van der Waals surface area contributed by atoms with Crippen molar-refractivity contribution in [2.24, 2.45) is 0 Å². The topological polar surface area (TPSA) is 89.6 Å². The van der Waals surface area contributed by atoms with Gasteiger partial charge in [0.05, 0.1) is 13.7 Å². The Kier molecular flexibility index (Phi) is 5.80. The SMILES string of the molecule is COc1ccc(-c2ccc3oc4ccc(=O)n(-c5ccc(NC(=O)CN(C)C)cc5)c4c3c2)cn1. The average Bonchev–Trinajstić information content (AvgIpc) is 3.22. The lowest BCUT2D eigenvalue weighted by molar-refractivity contribution is -0.116. The van der Waals surface area contributed by atoms with Crippen LogP contribution in [0.5, 0.6) is 5.88 Å². The van der Waals surface area contributed by atoms with Crippen molar-refractivity contribution in [3.8, 4) is 22.7 Å². The summed E-state index contributed by atoms with van der Waals surface area (Å²) in [5, 5.41) is 3.68. The molecule has 5 rings (SSSR count). The quantitative estimate of drug-likeness (QED) is 0.400. The van der Waals surface area contributed by atoms with Crippen molar-refractivity contribution >= 4 is 33.7 Å². The van der Waals surface area contributed by atoms with Crippen molar-refractivity contribution in [3.05, 3.63) is 83.3 Å². The largest absolute Gasteiger partial charge is 0.481 e. The van der Waals surface area contributed by atoms with Crippen LogP contribution in [-0.4, -0.2) is 48.1 Å². The van der Waals surface area contributed by atoms with Crippen molar-refractivity contribution in [1.82, 2.24) is 14.5 Å². The number of amides is 1. The van der Waals surface area contributed by atoms with Gasteiger partial charge in [-0.05, 0) is 68.2 Å². The summed E-state index contributed by atoms with van der Waals surface area (Å²) in [4.78, 5) is 31.2. The standard InChI is InChI=1S/C27H24N4O4/c1-30(2)16-24(32)29-19-6-8-20(9-7-19)31-26(33)13-11-23-27(31)21-14-17(4-10-22(21)35-23)18-5-12-25(34-3)28-15-18/h4-15H,16H2,1-3H3,(H,29,32). The molecule has 3 aromatic heterocycles. The minimum absolute atomic E-state index is 0.108. The maximum absolute atomic E-state index is 13.0. The Morgan fingerprint density at radius 1 is 1.00 bits per heavy atom. The fourth-order valence-corrected chi connectivity index (χ4v) is 4.07. The van der Waals surface area contributed by atoms with E-state index in [4.69, 9.17) is 9.15 Å². The molecule has 0 aliphatic carbocycles. The zero-order valence-corrected chi connectivity index (χ0v) is 19.6. The van der Waals surface area contributed by atoms with Crippen LogP contribution >= 0.6 is 0 Å². The molecule has 0 aliphatic heterocycles. The van der Waals surface area contributed by atoms with Gasteiger partial charge in [-0.15, -0.1) is 0 Å². The van der Waals surface area contributed by atoms with Crippen LogP contribution in [0.4, 0.5) is 5.69 Å². The molecule has 0 aliphatic rings. The fraction of sp³-hybridized carbons (Fsp3) is 0.148. The van der Waals surface area contributed by atoms with Gasteiger partial charge in [0, 0.05) is 40.7 Å². The number of fused-ring (bicyclic) bond motifs is 3. The van der Waals surface area contributed by atoms with Gasteiger partial charge in [0.1, 0.15) is 11.1 Å². The molecule has 8 heteroatoms. The molecule has 0 atom stereocenters. The van der Waals surface area contributed by atoms with Gasteiger partial charge in [-0.2, -0.15) is 0 Å². The van der Waals surface area contributed by atoms with Gasteiger partial charge in [0.2, 0.25) is 11.8 Å². The number of nitrogens with one attached hydrogen (secondary N) is 1. The second kappa shape index (κ2) is 9.08. The van der Waals surface area contributed by atoms with E-state index in [9.17, 15) is 9.59 Å². The molecule has 8 nitrogen and oxygen atoms in total. The highest BCUT2D eigenvalue weighted by atomic mass is 16.5. The van der Waals surface area contributed by atoms with E-state index in [1.165, 1.54) is 6.07 Å². The third kappa shape index (κ3) is 4.39. The zero-order chi connectivity index (χ0) is 24.5. The molecule has 0 unspecified atom stereocenters. The van der Waals surface area contributed by atoms with Crippen LogP contribution in [0.15, 0.2) is 82.1 Å². The van der Waals surface area contributed by atoms with Crippen LogP contribution in [0.25, 0.3) is 38.9 Å².